The van der Waals surface area contributed by atoms with E-state index in [-0.39, 0.29) is 67.0 Å². The van der Waals surface area contributed by atoms with Crippen LogP contribution in [0.1, 0.15) is 113 Å². The fourth-order valence-corrected chi connectivity index (χ4v) is 12.9. The zero-order chi connectivity index (χ0) is 55.5. The molecule has 3 saturated heterocycles. The van der Waals surface area contributed by atoms with E-state index in [4.69, 9.17) is 108 Å². The lowest BCUT2D eigenvalue weighted by molar-refractivity contribution is -0.143. The molecule has 410 valence electrons. The quantitative estimate of drug-likeness (QED) is 0.0299. The normalized spacial score (nSPS) is 20.9. The Hall–Kier alpha value is -2.80. The van der Waals surface area contributed by atoms with Gasteiger partial charge >= 0.3 is 22.9 Å². The van der Waals surface area contributed by atoms with Gasteiger partial charge in [-0.05, 0) is 58.8 Å². The number of ether oxygens (including phenoxy) is 5. The summed E-state index contributed by atoms with van der Waals surface area (Å²) in [5.41, 5.74) is 0.861. The van der Waals surface area contributed by atoms with Gasteiger partial charge in [-0.1, -0.05) is 170 Å². The molecule has 0 radical (unpaired) electrons. The molecule has 3 heterocycles. The van der Waals surface area contributed by atoms with Gasteiger partial charge in [0.15, 0.2) is 0 Å². The molecule has 3 aliphatic heterocycles. The number of nitrogens with one attached hydrogen (secondary N) is 1. The van der Waals surface area contributed by atoms with Crippen LogP contribution in [0, 0.1) is 23.2 Å². The first-order valence-electron chi connectivity index (χ1n) is 24.3. The van der Waals surface area contributed by atoms with E-state index in [1.165, 1.54) is 10.4 Å². The summed E-state index contributed by atoms with van der Waals surface area (Å²) in [5, 5.41) is 38.2. The lowest BCUT2D eigenvalue weighted by Crippen LogP contribution is -2.68. The number of carbonyl (C=O) groups is 3. The third-order valence-electron chi connectivity index (χ3n) is 12.0. The maximum atomic E-state index is 10.6. The summed E-state index contributed by atoms with van der Waals surface area (Å²) < 4.78 is 29.8. The lowest BCUT2D eigenvalue weighted by Gasteiger charge is -2.46. The predicted molar refractivity (Wildman–Crippen MR) is 298 cm³/mol. The Morgan fingerprint density at radius 1 is 0.726 bits per heavy atom. The van der Waals surface area contributed by atoms with Crippen molar-refractivity contribution >= 4 is 117 Å². The fraction of sp³-hybridized carbons (Fsp3) is 0.577. The predicted octanol–water partition coefficient (Wildman–Crippen LogP) is 11.0. The number of benzene rings is 3. The standard InChI is InChI=1S/C22H32O3Si.C10H10Cl3NO2.2C7H12O2.C6H10O3.BCl3/c1-5-20(24)21(16-17-23)25-26(22(2,3)4,18-12-8-6-9-13-18)19-14-10-7-11-15-19;1-15-8-4-2-7(3-5-8)6-16-9(14)10(11,12)13;2*1-3-6-5(2)4-7(8)9-6;1-4-2-6(8)9-5(4)3-7;2-1(3)4/h6-15,20-21,23-24H,5,16-17H2,1-4H3;2-5,14H,6H2,1H3;2*5-6H,3-4H2,1-2H3;4-5,7H,2-3H2,1H3;/t20-,21+;;2*5-,6+;4-,5+;/m1.000./s1. The van der Waals surface area contributed by atoms with Gasteiger partial charge in [0.1, 0.15) is 30.7 Å². The molecule has 0 aromatic heterocycles. The molecule has 21 heteroatoms. The van der Waals surface area contributed by atoms with Crippen LogP contribution in [0.2, 0.25) is 5.04 Å². The minimum Gasteiger partial charge on any atom is -0.497 e. The zero-order valence-corrected chi connectivity index (χ0v) is 49.2. The van der Waals surface area contributed by atoms with Crippen molar-refractivity contribution in [2.45, 2.75) is 153 Å². The van der Waals surface area contributed by atoms with Gasteiger partial charge in [-0.2, -0.15) is 34.4 Å². The maximum absolute atomic E-state index is 10.6. The number of alkyl halides is 3. The Balaban J connectivity index is 0.000000482. The zero-order valence-electron chi connectivity index (χ0n) is 43.6. The first-order chi connectivity index (χ1) is 34.2. The van der Waals surface area contributed by atoms with Crippen LogP contribution in [-0.4, -0.2) is 107 Å². The van der Waals surface area contributed by atoms with Crippen LogP contribution in [0.15, 0.2) is 84.9 Å². The molecule has 0 saturated carbocycles. The number of aliphatic hydroxyl groups is 3. The molecule has 8 atom stereocenters. The number of cyclic esters (lactones) is 3. The maximum Gasteiger partial charge on any atom is 0.450 e. The van der Waals surface area contributed by atoms with E-state index in [0.717, 1.165) is 24.2 Å². The third kappa shape index (κ3) is 24.4. The van der Waals surface area contributed by atoms with Gasteiger partial charge in [-0.25, -0.2) is 0 Å². The number of methoxy groups -OCH3 is 1. The highest BCUT2D eigenvalue weighted by Crippen LogP contribution is 2.38. The number of hydrogen-bond donors (Lipinski definition) is 4. The van der Waals surface area contributed by atoms with E-state index < -0.39 is 35.2 Å². The molecule has 3 aromatic rings. The lowest BCUT2D eigenvalue weighted by atomic mass is 10.0. The van der Waals surface area contributed by atoms with Crippen LogP contribution >= 0.6 is 69.2 Å². The molecule has 4 N–H and O–H groups in total. The number of carbonyl (C=O) groups excluding carboxylic acids is 3. The summed E-state index contributed by atoms with van der Waals surface area (Å²) in [6.45, 7) is 18.8. The average Bonchev–Trinajstić information content (AvgIpc) is 3.99. The van der Waals surface area contributed by atoms with Gasteiger partial charge in [0, 0.05) is 24.4 Å². The van der Waals surface area contributed by atoms with Crippen molar-refractivity contribution in [1.82, 2.24) is 0 Å². The van der Waals surface area contributed by atoms with Crippen LogP contribution in [0.5, 0.6) is 5.75 Å². The highest BCUT2D eigenvalue weighted by atomic mass is 35.6. The molecular weight excluding hydrogens is 1080 g/mol. The summed E-state index contributed by atoms with van der Waals surface area (Å²) in [6, 6.07) is 28.0. The summed E-state index contributed by atoms with van der Waals surface area (Å²) in [7, 11) is -1.11. The molecule has 0 amide bonds. The second-order valence-electron chi connectivity index (χ2n) is 18.6. The topological polar surface area (TPSA) is 191 Å². The second kappa shape index (κ2) is 34.8. The molecule has 6 rings (SSSR count). The van der Waals surface area contributed by atoms with Crippen LogP contribution in [-0.2, 0) is 44.4 Å². The van der Waals surface area contributed by atoms with Crippen molar-refractivity contribution < 1.29 is 57.8 Å². The average molecular weight is 1160 g/mol. The van der Waals surface area contributed by atoms with E-state index in [1.807, 2.05) is 76.2 Å². The Morgan fingerprint density at radius 2 is 1.12 bits per heavy atom. The molecule has 73 heavy (non-hydrogen) atoms. The molecule has 3 aromatic carbocycles. The van der Waals surface area contributed by atoms with Crippen molar-refractivity contribution in [2.24, 2.45) is 17.8 Å². The van der Waals surface area contributed by atoms with Crippen molar-refractivity contribution in [3.8, 4) is 5.75 Å². The Bertz CT molecular complexity index is 1920. The van der Waals surface area contributed by atoms with Crippen LogP contribution in [0.4, 0.5) is 0 Å². The van der Waals surface area contributed by atoms with E-state index in [1.54, 1.807) is 19.2 Å². The minimum absolute atomic E-state index is 0.0000705. The first kappa shape index (κ1) is 68.2. The summed E-state index contributed by atoms with van der Waals surface area (Å²) in [6.07, 6.45) is 3.75. The molecular formula is C52H76BCl6NO12Si. The van der Waals surface area contributed by atoms with Crippen molar-refractivity contribution in [3.63, 3.8) is 0 Å². The van der Waals surface area contributed by atoms with Gasteiger partial charge in [-0.15, -0.1) is 0 Å². The summed E-state index contributed by atoms with van der Waals surface area (Å²) in [5.74, 6) is 1.14. The van der Waals surface area contributed by atoms with E-state index >= 15 is 0 Å². The molecule has 0 unspecified atom stereocenters. The van der Waals surface area contributed by atoms with E-state index in [2.05, 4.69) is 58.9 Å². The summed E-state index contributed by atoms with van der Waals surface area (Å²) in [4.78, 5) is 30.9. The smallest absolute Gasteiger partial charge is 0.450 e. The molecule has 0 aliphatic carbocycles. The number of hydrogen-bond acceptors (Lipinski definition) is 13. The minimum atomic E-state index is -2.70. The first-order valence-corrected chi connectivity index (χ1v) is 28.7. The van der Waals surface area contributed by atoms with Gasteiger partial charge < -0.3 is 43.4 Å². The molecule has 0 spiro atoms. The van der Waals surface area contributed by atoms with Crippen molar-refractivity contribution in [2.75, 3.05) is 20.3 Å². The SMILES string of the molecule is CC[C@@H](O)[C@H](CCO)O[Si](c1ccccc1)(c1ccccc1)C(C)(C)C.CC[C@H]1OC(=O)C[C@@H]1C.CC[C@H]1OC(=O)C[C@@H]1C.COc1ccc(COC(=N)C(Cl)(Cl)Cl)cc1.C[C@H]1CC(=O)O[C@@H]1CO.ClB(Cl)Cl. The van der Waals surface area contributed by atoms with Gasteiger partial charge in [0.25, 0.3) is 12.1 Å². The van der Waals surface area contributed by atoms with Crippen LogP contribution in [0.25, 0.3) is 0 Å². The number of aliphatic hydroxyl groups excluding tert-OH is 3. The van der Waals surface area contributed by atoms with E-state index in [0.29, 0.717) is 43.9 Å². The number of halogens is 6. The Kier molecular flexibility index (Phi) is 32.5. The van der Waals surface area contributed by atoms with Gasteiger partial charge in [0.05, 0.1) is 45.2 Å². The highest BCUT2D eigenvalue weighted by Gasteiger charge is 2.52. The Morgan fingerprint density at radius 3 is 1.38 bits per heavy atom. The molecule has 3 aliphatic rings. The number of esters is 3. The Labute approximate surface area is 464 Å². The summed E-state index contributed by atoms with van der Waals surface area (Å²) >= 11 is 30.8. The van der Waals surface area contributed by atoms with Gasteiger partial charge in [-0.3, -0.25) is 19.8 Å². The highest BCUT2D eigenvalue weighted by molar-refractivity contribution is 7.54. The van der Waals surface area contributed by atoms with Crippen molar-refractivity contribution in [1.29, 1.82) is 5.41 Å². The third-order valence-corrected chi connectivity index (χ3v) is 17.6. The largest absolute Gasteiger partial charge is 0.497 e. The van der Waals surface area contributed by atoms with E-state index in [9.17, 15) is 24.6 Å². The number of rotatable bonds is 14. The van der Waals surface area contributed by atoms with Crippen LogP contribution in [0.3, 0.4) is 0 Å². The van der Waals surface area contributed by atoms with Gasteiger partial charge in [0.2, 0.25) is 5.90 Å². The fourth-order valence-electron chi connectivity index (χ4n) is 7.97. The monoisotopic (exact) mass is 1160 g/mol. The molecule has 13 nitrogen and oxygen atoms in total. The molecule has 0 bridgehead atoms. The molecule has 3 fully saturated rings. The second-order valence-corrected chi connectivity index (χ2v) is 27.2. The van der Waals surface area contributed by atoms with Crippen LogP contribution < -0.4 is 15.1 Å². The van der Waals surface area contributed by atoms with Crippen molar-refractivity contribution in [3.05, 3.63) is 90.5 Å².